The fraction of sp³-hybridized carbons (Fsp3) is 0.391. The van der Waals surface area contributed by atoms with E-state index in [1.165, 1.54) is 22.2 Å². The second-order valence-electron chi connectivity index (χ2n) is 8.10. The van der Waals surface area contributed by atoms with Crippen LogP contribution in [0.4, 0.5) is 5.69 Å². The molecule has 9 heteroatoms. The normalized spacial score (nSPS) is 16.3. The third kappa shape index (κ3) is 3.61. The molecule has 0 bridgehead atoms. The van der Waals surface area contributed by atoms with Gasteiger partial charge in [-0.3, -0.25) is 19.0 Å². The first-order valence-corrected chi connectivity index (χ1v) is 11.6. The van der Waals surface area contributed by atoms with Gasteiger partial charge in [-0.1, -0.05) is 18.2 Å². The van der Waals surface area contributed by atoms with E-state index in [1.54, 1.807) is 16.7 Å². The van der Waals surface area contributed by atoms with Crippen LogP contribution in [-0.2, 0) is 22.5 Å². The number of aryl methyl sites for hydroxylation is 2. The molecule has 4 heterocycles. The molecule has 32 heavy (non-hydrogen) atoms. The van der Waals surface area contributed by atoms with Crippen LogP contribution in [0.15, 0.2) is 35.4 Å². The number of carbonyl (C=O) groups excluding carboxylic acids is 2. The van der Waals surface area contributed by atoms with Gasteiger partial charge in [0.05, 0.1) is 29.8 Å². The van der Waals surface area contributed by atoms with Gasteiger partial charge in [0.2, 0.25) is 5.91 Å². The fourth-order valence-electron chi connectivity index (χ4n) is 4.40. The van der Waals surface area contributed by atoms with Crippen LogP contribution in [0.2, 0.25) is 0 Å². The molecular formula is C23H24N4O4S. The second-order valence-corrected chi connectivity index (χ2v) is 9.10. The predicted molar refractivity (Wildman–Crippen MR) is 122 cm³/mol. The number of rotatable bonds is 3. The van der Waals surface area contributed by atoms with Gasteiger partial charge in [-0.2, -0.15) is 0 Å². The summed E-state index contributed by atoms with van der Waals surface area (Å²) >= 11 is 1.24. The third-order valence-electron chi connectivity index (χ3n) is 6.14. The number of thiophene rings is 1. The molecular weight excluding hydrogens is 428 g/mol. The van der Waals surface area contributed by atoms with Crippen LogP contribution in [0, 0.1) is 6.92 Å². The van der Waals surface area contributed by atoms with Crippen molar-refractivity contribution >= 4 is 39.1 Å². The van der Waals surface area contributed by atoms with E-state index in [4.69, 9.17) is 4.74 Å². The van der Waals surface area contributed by atoms with Crippen LogP contribution in [0.3, 0.4) is 0 Å². The smallest absolute Gasteiger partial charge is 0.268 e. The summed E-state index contributed by atoms with van der Waals surface area (Å²) in [6.45, 7) is 4.43. The van der Waals surface area contributed by atoms with E-state index in [0.717, 1.165) is 24.1 Å². The first-order valence-electron chi connectivity index (χ1n) is 10.8. The zero-order chi connectivity index (χ0) is 22.2. The van der Waals surface area contributed by atoms with E-state index < -0.39 is 0 Å². The molecule has 0 radical (unpaired) electrons. The average Bonchev–Trinajstić information content (AvgIpc) is 3.17. The summed E-state index contributed by atoms with van der Waals surface area (Å²) in [7, 11) is 0. The van der Waals surface area contributed by atoms with Gasteiger partial charge in [-0.15, -0.1) is 11.3 Å². The quantitative estimate of drug-likeness (QED) is 0.608. The number of hydrogen-bond donors (Lipinski definition) is 0. The number of anilines is 1. The van der Waals surface area contributed by atoms with E-state index in [1.807, 2.05) is 18.2 Å². The van der Waals surface area contributed by atoms with Gasteiger partial charge >= 0.3 is 0 Å². The lowest BCUT2D eigenvalue weighted by molar-refractivity contribution is -0.135. The highest BCUT2D eigenvalue weighted by atomic mass is 32.1. The zero-order valence-corrected chi connectivity index (χ0v) is 18.7. The molecule has 2 aromatic heterocycles. The average molecular weight is 453 g/mol. The lowest BCUT2D eigenvalue weighted by Crippen LogP contribution is -2.43. The molecule has 2 aliphatic rings. The van der Waals surface area contributed by atoms with Crippen molar-refractivity contribution in [3.05, 3.63) is 57.0 Å². The Bertz CT molecular complexity index is 1260. The van der Waals surface area contributed by atoms with Gasteiger partial charge in [-0.05, 0) is 37.0 Å². The first-order chi connectivity index (χ1) is 15.5. The van der Waals surface area contributed by atoms with E-state index in [0.29, 0.717) is 53.5 Å². The molecule has 1 saturated heterocycles. The van der Waals surface area contributed by atoms with E-state index in [9.17, 15) is 14.4 Å². The maximum Gasteiger partial charge on any atom is 0.268 e. The van der Waals surface area contributed by atoms with Gasteiger partial charge in [0.25, 0.3) is 11.5 Å². The number of morpholine rings is 1. The minimum Gasteiger partial charge on any atom is -0.378 e. The third-order valence-corrected chi connectivity index (χ3v) is 7.32. The standard InChI is InChI=1S/C23H24N4O4S/c1-15-19-21(24-14-26(22(19)29)13-18(28)25-9-11-31-12-10-25)32-20(15)23(30)27-8-4-6-16-5-2-3-7-17(16)27/h2-3,5,7,14H,4,6,8-13H2,1H3. The minimum absolute atomic E-state index is 0.0696. The lowest BCUT2D eigenvalue weighted by atomic mass is 10.0. The van der Waals surface area contributed by atoms with E-state index >= 15 is 0 Å². The Morgan fingerprint density at radius 3 is 2.75 bits per heavy atom. The maximum atomic E-state index is 13.5. The maximum absolute atomic E-state index is 13.5. The van der Waals surface area contributed by atoms with Crippen molar-refractivity contribution in [2.24, 2.45) is 0 Å². The highest BCUT2D eigenvalue weighted by Crippen LogP contribution is 2.33. The van der Waals surface area contributed by atoms with Gasteiger partial charge in [0.1, 0.15) is 11.4 Å². The molecule has 0 N–H and O–H groups in total. The lowest BCUT2D eigenvalue weighted by Gasteiger charge is -2.29. The molecule has 1 aromatic carbocycles. The molecule has 0 spiro atoms. The Kier molecular flexibility index (Phi) is 5.52. The number of ether oxygens (including phenoxy) is 1. The van der Waals surface area contributed by atoms with Gasteiger partial charge in [-0.25, -0.2) is 4.98 Å². The van der Waals surface area contributed by atoms with Crippen molar-refractivity contribution < 1.29 is 14.3 Å². The van der Waals surface area contributed by atoms with Crippen molar-refractivity contribution in [1.82, 2.24) is 14.5 Å². The number of fused-ring (bicyclic) bond motifs is 2. The minimum atomic E-state index is -0.288. The highest BCUT2D eigenvalue weighted by molar-refractivity contribution is 7.20. The summed E-state index contributed by atoms with van der Waals surface area (Å²) in [5, 5.41) is 0.418. The largest absolute Gasteiger partial charge is 0.378 e. The molecule has 0 atom stereocenters. The Balaban J connectivity index is 1.47. The van der Waals surface area contributed by atoms with Crippen LogP contribution in [0.1, 0.15) is 27.2 Å². The molecule has 0 saturated carbocycles. The summed E-state index contributed by atoms with van der Waals surface area (Å²) in [5.41, 5.74) is 2.43. The number of para-hydroxylation sites is 1. The SMILES string of the molecule is Cc1c(C(=O)N2CCCc3ccccc32)sc2ncn(CC(=O)N3CCOCC3)c(=O)c12. The summed E-state index contributed by atoms with van der Waals surface area (Å²) < 4.78 is 6.62. The Morgan fingerprint density at radius 1 is 1.16 bits per heavy atom. The van der Waals surface area contributed by atoms with Gasteiger partial charge in [0, 0.05) is 25.3 Å². The van der Waals surface area contributed by atoms with Crippen LogP contribution < -0.4 is 10.5 Å². The van der Waals surface area contributed by atoms with Crippen LogP contribution in [-0.4, -0.2) is 59.1 Å². The predicted octanol–water partition coefficient (Wildman–Crippen LogP) is 2.22. The van der Waals surface area contributed by atoms with Crippen molar-refractivity contribution in [2.45, 2.75) is 26.3 Å². The van der Waals surface area contributed by atoms with E-state index in [-0.39, 0.29) is 23.9 Å². The Labute approximate surface area is 189 Å². The molecule has 2 aliphatic heterocycles. The molecule has 0 aliphatic carbocycles. The summed E-state index contributed by atoms with van der Waals surface area (Å²) in [4.78, 5) is 48.2. The molecule has 1 fully saturated rings. The number of aromatic nitrogens is 2. The monoisotopic (exact) mass is 452 g/mol. The number of benzene rings is 1. The first kappa shape index (κ1) is 20.8. The molecule has 166 valence electrons. The topological polar surface area (TPSA) is 84.7 Å². The molecule has 2 amide bonds. The van der Waals surface area contributed by atoms with Crippen molar-refractivity contribution in [3.8, 4) is 0 Å². The van der Waals surface area contributed by atoms with Gasteiger partial charge in [0.15, 0.2) is 0 Å². The number of hydrogen-bond acceptors (Lipinski definition) is 6. The number of nitrogens with zero attached hydrogens (tertiary/aromatic N) is 4. The number of carbonyl (C=O) groups is 2. The van der Waals surface area contributed by atoms with Crippen molar-refractivity contribution in [1.29, 1.82) is 0 Å². The summed E-state index contributed by atoms with van der Waals surface area (Å²) in [6, 6.07) is 7.95. The molecule has 0 unspecified atom stereocenters. The highest BCUT2D eigenvalue weighted by Gasteiger charge is 2.28. The summed E-state index contributed by atoms with van der Waals surface area (Å²) in [6.07, 6.45) is 3.26. The van der Waals surface area contributed by atoms with Crippen molar-refractivity contribution in [2.75, 3.05) is 37.7 Å². The van der Waals surface area contributed by atoms with Crippen molar-refractivity contribution in [3.63, 3.8) is 0 Å². The van der Waals surface area contributed by atoms with E-state index in [2.05, 4.69) is 11.1 Å². The fourth-order valence-corrected chi connectivity index (χ4v) is 5.49. The van der Waals surface area contributed by atoms with Crippen LogP contribution in [0.5, 0.6) is 0 Å². The summed E-state index contributed by atoms with van der Waals surface area (Å²) in [5.74, 6) is -0.237. The second kappa shape index (κ2) is 8.48. The molecule has 3 aromatic rings. The molecule has 8 nitrogen and oxygen atoms in total. The van der Waals surface area contributed by atoms with Crippen LogP contribution >= 0.6 is 11.3 Å². The Morgan fingerprint density at radius 2 is 1.94 bits per heavy atom. The number of amides is 2. The zero-order valence-electron chi connectivity index (χ0n) is 17.9. The van der Waals surface area contributed by atoms with Gasteiger partial charge < -0.3 is 14.5 Å². The molecule has 5 rings (SSSR count). The van der Waals surface area contributed by atoms with Crippen LogP contribution in [0.25, 0.3) is 10.2 Å². The Hall–Kier alpha value is -3.04.